The van der Waals surface area contributed by atoms with E-state index in [1.807, 2.05) is 13.0 Å². The first-order valence-corrected chi connectivity index (χ1v) is 9.29. The summed E-state index contributed by atoms with van der Waals surface area (Å²) in [7, 11) is 0. The Kier molecular flexibility index (Phi) is 4.20. The van der Waals surface area contributed by atoms with E-state index in [1.54, 1.807) is 4.90 Å². The Morgan fingerprint density at radius 3 is 2.76 bits per heavy atom. The fourth-order valence-corrected chi connectivity index (χ4v) is 4.32. The van der Waals surface area contributed by atoms with Gasteiger partial charge < -0.3 is 10.2 Å². The van der Waals surface area contributed by atoms with Crippen LogP contribution >= 0.6 is 0 Å². The smallest absolute Gasteiger partial charge is 0.317 e. The lowest BCUT2D eigenvalue weighted by Gasteiger charge is -2.32. The lowest BCUT2D eigenvalue weighted by molar-refractivity contribution is 0.0848. The van der Waals surface area contributed by atoms with E-state index in [1.165, 1.54) is 16.5 Å². The fourth-order valence-electron chi connectivity index (χ4n) is 4.32. The number of nitrogens with one attached hydrogen (secondary N) is 1. The van der Waals surface area contributed by atoms with Gasteiger partial charge in [-0.05, 0) is 54.5 Å². The number of carbonyl (C=O) groups excluding carboxylic acids is 2. The summed E-state index contributed by atoms with van der Waals surface area (Å²) in [4.78, 5) is 27.1. The molecule has 0 spiro atoms. The van der Waals surface area contributed by atoms with E-state index < -0.39 is 0 Å². The molecule has 4 nitrogen and oxygen atoms in total. The Balaban J connectivity index is 1.63. The number of benzene rings is 2. The van der Waals surface area contributed by atoms with Crippen LogP contribution in [0.15, 0.2) is 30.3 Å². The van der Waals surface area contributed by atoms with E-state index in [4.69, 9.17) is 0 Å². The van der Waals surface area contributed by atoms with Crippen LogP contribution in [0.4, 0.5) is 4.79 Å². The molecule has 0 aromatic heterocycles. The first-order valence-electron chi connectivity index (χ1n) is 9.29. The molecule has 1 atom stereocenters. The molecule has 0 radical (unpaired) electrons. The van der Waals surface area contributed by atoms with Crippen LogP contribution in [0.5, 0.6) is 0 Å². The second-order valence-electron chi connectivity index (χ2n) is 7.10. The van der Waals surface area contributed by atoms with Gasteiger partial charge in [-0.1, -0.05) is 30.3 Å². The summed E-state index contributed by atoms with van der Waals surface area (Å²) in [6, 6.07) is 10.4. The van der Waals surface area contributed by atoms with Crippen molar-refractivity contribution in [3.8, 4) is 0 Å². The highest BCUT2D eigenvalue weighted by molar-refractivity contribution is 6.11. The van der Waals surface area contributed by atoms with Crippen LogP contribution in [0.1, 0.15) is 41.3 Å². The minimum Gasteiger partial charge on any atom is -0.338 e. The Hall–Kier alpha value is -2.36. The average molecular weight is 336 g/mol. The van der Waals surface area contributed by atoms with Crippen LogP contribution in [0, 0.1) is 5.92 Å². The molecule has 25 heavy (non-hydrogen) atoms. The molecule has 4 heteroatoms. The standard InChI is InChI=1S/C21H24N2O2/c1-2-22-21(25)23-12-4-6-16(13-23)20(24)18-11-10-15-9-8-14-5-3-7-17(18)19(14)15/h3,5,7,10-11,16H,2,4,6,8-9,12-13H2,1H3,(H,22,25)/t16-/m0/s1. The quantitative estimate of drug-likeness (QED) is 0.871. The molecule has 1 fully saturated rings. The fraction of sp³-hybridized carbons (Fsp3) is 0.429. The van der Waals surface area contributed by atoms with Crippen molar-refractivity contribution in [3.05, 3.63) is 47.0 Å². The normalized spacial score (nSPS) is 19.2. The predicted octanol–water partition coefficient (Wildman–Crippen LogP) is 3.56. The van der Waals surface area contributed by atoms with Crippen LogP contribution in [-0.2, 0) is 12.8 Å². The number of urea groups is 1. The molecular weight excluding hydrogens is 312 g/mol. The minimum absolute atomic E-state index is 0.0552. The Bertz CT molecular complexity index is 833. The van der Waals surface area contributed by atoms with Gasteiger partial charge >= 0.3 is 6.03 Å². The summed E-state index contributed by atoms with van der Waals surface area (Å²) in [5.41, 5.74) is 3.54. The number of hydrogen-bond acceptors (Lipinski definition) is 2. The molecule has 0 saturated carbocycles. The number of aryl methyl sites for hydroxylation is 2. The Labute approximate surface area is 148 Å². The van der Waals surface area contributed by atoms with Gasteiger partial charge in [0.2, 0.25) is 0 Å². The highest BCUT2D eigenvalue weighted by Crippen LogP contribution is 2.34. The maximum absolute atomic E-state index is 13.2. The van der Waals surface area contributed by atoms with Crippen LogP contribution in [0.3, 0.4) is 0 Å². The Morgan fingerprint density at radius 1 is 1.16 bits per heavy atom. The van der Waals surface area contributed by atoms with E-state index in [2.05, 4.69) is 29.6 Å². The molecule has 2 aliphatic rings. The third-order valence-corrected chi connectivity index (χ3v) is 5.55. The van der Waals surface area contributed by atoms with Crippen LogP contribution < -0.4 is 5.32 Å². The monoisotopic (exact) mass is 336 g/mol. The van der Waals surface area contributed by atoms with Crippen molar-refractivity contribution in [1.29, 1.82) is 0 Å². The number of ketones is 1. The summed E-state index contributed by atoms with van der Waals surface area (Å²) in [6.45, 7) is 3.78. The van der Waals surface area contributed by atoms with Crippen molar-refractivity contribution < 1.29 is 9.59 Å². The molecule has 0 bridgehead atoms. The van der Waals surface area contributed by atoms with Crippen LogP contribution in [0.25, 0.3) is 10.8 Å². The number of hydrogen-bond donors (Lipinski definition) is 1. The molecule has 1 aliphatic heterocycles. The summed E-state index contributed by atoms with van der Waals surface area (Å²) >= 11 is 0. The zero-order valence-corrected chi connectivity index (χ0v) is 14.7. The van der Waals surface area contributed by atoms with Crippen LogP contribution in [0.2, 0.25) is 0 Å². The van der Waals surface area contributed by atoms with Gasteiger partial charge in [-0.15, -0.1) is 0 Å². The van der Waals surface area contributed by atoms with Crippen molar-refractivity contribution in [2.75, 3.05) is 19.6 Å². The van der Waals surface area contributed by atoms with Gasteiger partial charge in [-0.3, -0.25) is 4.79 Å². The predicted molar refractivity (Wildman–Crippen MR) is 99.1 cm³/mol. The molecule has 1 saturated heterocycles. The Morgan fingerprint density at radius 2 is 1.96 bits per heavy atom. The molecule has 4 rings (SSSR count). The van der Waals surface area contributed by atoms with Gasteiger partial charge in [0.05, 0.1) is 0 Å². The molecule has 130 valence electrons. The lowest BCUT2D eigenvalue weighted by Crippen LogP contribution is -2.47. The number of amides is 2. The van der Waals surface area contributed by atoms with Gasteiger partial charge in [-0.25, -0.2) is 4.79 Å². The third kappa shape index (κ3) is 2.80. The number of piperidine rings is 1. The second kappa shape index (κ2) is 6.51. The molecule has 2 aromatic rings. The molecule has 2 amide bonds. The molecule has 1 heterocycles. The largest absolute Gasteiger partial charge is 0.338 e. The van der Waals surface area contributed by atoms with Gasteiger partial charge in [0.1, 0.15) is 0 Å². The van der Waals surface area contributed by atoms with E-state index in [-0.39, 0.29) is 17.7 Å². The molecular formula is C21H24N2O2. The number of likely N-dealkylation sites (tertiary alicyclic amines) is 1. The van der Waals surface area contributed by atoms with Gasteiger partial charge in [0, 0.05) is 31.1 Å². The first kappa shape index (κ1) is 16.1. The summed E-state index contributed by atoms with van der Waals surface area (Å²) in [5, 5.41) is 5.22. The van der Waals surface area contributed by atoms with Crippen molar-refractivity contribution in [2.24, 2.45) is 5.92 Å². The van der Waals surface area contributed by atoms with E-state index in [0.717, 1.165) is 43.2 Å². The first-order chi connectivity index (χ1) is 12.2. The van der Waals surface area contributed by atoms with E-state index in [9.17, 15) is 9.59 Å². The van der Waals surface area contributed by atoms with E-state index >= 15 is 0 Å². The zero-order valence-electron chi connectivity index (χ0n) is 14.7. The van der Waals surface area contributed by atoms with Crippen molar-refractivity contribution in [3.63, 3.8) is 0 Å². The SMILES string of the molecule is CCNC(=O)N1CCC[C@H](C(=O)c2ccc3c4c(cccc24)CC3)C1. The topological polar surface area (TPSA) is 49.4 Å². The third-order valence-electron chi connectivity index (χ3n) is 5.55. The highest BCUT2D eigenvalue weighted by Gasteiger charge is 2.30. The van der Waals surface area contributed by atoms with Gasteiger partial charge in [-0.2, -0.15) is 0 Å². The minimum atomic E-state index is -0.102. The zero-order chi connectivity index (χ0) is 17.4. The molecule has 1 aliphatic carbocycles. The number of carbonyl (C=O) groups is 2. The summed E-state index contributed by atoms with van der Waals surface area (Å²) < 4.78 is 0. The number of nitrogens with zero attached hydrogens (tertiary/aromatic N) is 1. The molecule has 1 N–H and O–H groups in total. The summed E-state index contributed by atoms with van der Waals surface area (Å²) in [6.07, 6.45) is 3.88. The average Bonchev–Trinajstić information content (AvgIpc) is 3.07. The maximum Gasteiger partial charge on any atom is 0.317 e. The second-order valence-corrected chi connectivity index (χ2v) is 7.10. The van der Waals surface area contributed by atoms with Crippen molar-refractivity contribution >= 4 is 22.6 Å². The van der Waals surface area contributed by atoms with Gasteiger partial charge in [0.25, 0.3) is 0 Å². The molecule has 2 aromatic carbocycles. The number of rotatable bonds is 3. The van der Waals surface area contributed by atoms with Crippen LogP contribution in [-0.4, -0.2) is 36.3 Å². The van der Waals surface area contributed by atoms with Gasteiger partial charge in [0.15, 0.2) is 5.78 Å². The van der Waals surface area contributed by atoms with E-state index in [0.29, 0.717) is 13.1 Å². The lowest BCUT2D eigenvalue weighted by atomic mass is 9.87. The summed E-state index contributed by atoms with van der Waals surface area (Å²) in [5.74, 6) is 0.0828. The highest BCUT2D eigenvalue weighted by atomic mass is 16.2. The van der Waals surface area contributed by atoms with Crippen molar-refractivity contribution in [2.45, 2.75) is 32.6 Å². The molecule has 0 unspecified atom stereocenters. The maximum atomic E-state index is 13.2. The number of Topliss-reactive ketones (excluding diaryl/α,β-unsaturated/α-hetero) is 1. The van der Waals surface area contributed by atoms with Crippen molar-refractivity contribution in [1.82, 2.24) is 10.2 Å².